The van der Waals surface area contributed by atoms with Gasteiger partial charge in [0.05, 0.1) is 17.5 Å². The Kier molecular flexibility index (Phi) is 5.89. The van der Waals surface area contributed by atoms with Crippen LogP contribution in [0.3, 0.4) is 0 Å². The number of nitrogens with zero attached hydrogens (tertiary/aromatic N) is 2. The number of aromatic nitrogens is 2. The van der Waals surface area contributed by atoms with E-state index in [1.165, 1.54) is 24.5 Å². The standard InChI is InChI=1S/C20H22F4N2O2S/c1-3-12-26-19(20(22,23)24)17(13-4-8-15(21)9-5-13)18(25-26)14-6-10-16(11-7-14)29(2,27)28/h3-5,8-9,14,16H,1,6-7,10-12H2,2H3. The zero-order chi connectivity index (χ0) is 21.4. The third-order valence-electron chi connectivity index (χ3n) is 5.35. The van der Waals surface area contributed by atoms with Gasteiger partial charge in [0.2, 0.25) is 0 Å². The van der Waals surface area contributed by atoms with Gasteiger partial charge in [-0.05, 0) is 43.4 Å². The molecule has 1 saturated carbocycles. The molecule has 0 bridgehead atoms. The topological polar surface area (TPSA) is 52.0 Å². The van der Waals surface area contributed by atoms with Crippen molar-refractivity contribution in [3.05, 3.63) is 54.1 Å². The molecule has 0 saturated heterocycles. The van der Waals surface area contributed by atoms with Gasteiger partial charge in [-0.2, -0.15) is 18.3 Å². The van der Waals surface area contributed by atoms with Crippen molar-refractivity contribution in [2.75, 3.05) is 6.26 Å². The highest BCUT2D eigenvalue weighted by Gasteiger charge is 2.42. The number of benzene rings is 1. The van der Waals surface area contributed by atoms with Crippen LogP contribution in [-0.2, 0) is 22.6 Å². The maximum atomic E-state index is 13.9. The summed E-state index contributed by atoms with van der Waals surface area (Å²) < 4.78 is 79.7. The lowest BCUT2D eigenvalue weighted by Crippen LogP contribution is -2.25. The fraction of sp³-hybridized carbons (Fsp3) is 0.450. The molecule has 0 amide bonds. The van der Waals surface area contributed by atoms with Gasteiger partial charge in [0.15, 0.2) is 5.69 Å². The first kappa shape index (κ1) is 21.5. The summed E-state index contributed by atoms with van der Waals surface area (Å²) in [6.45, 7) is 3.38. The molecule has 0 spiro atoms. The Labute approximate surface area is 167 Å². The minimum Gasteiger partial charge on any atom is -0.256 e. The average Bonchev–Trinajstić information content (AvgIpc) is 3.02. The molecule has 3 rings (SSSR count). The molecule has 1 aliphatic rings. The number of halogens is 4. The first-order valence-electron chi connectivity index (χ1n) is 9.26. The second kappa shape index (κ2) is 7.93. The van der Waals surface area contributed by atoms with Gasteiger partial charge in [-0.15, -0.1) is 6.58 Å². The third-order valence-corrected chi connectivity index (χ3v) is 7.03. The normalized spacial score (nSPS) is 20.6. The van der Waals surface area contributed by atoms with E-state index in [2.05, 4.69) is 11.7 Å². The van der Waals surface area contributed by atoms with E-state index in [0.29, 0.717) is 25.7 Å². The van der Waals surface area contributed by atoms with Crippen LogP contribution < -0.4 is 0 Å². The van der Waals surface area contributed by atoms with Gasteiger partial charge in [0.1, 0.15) is 15.7 Å². The van der Waals surface area contributed by atoms with Gasteiger partial charge in [-0.3, -0.25) is 4.68 Å². The van der Waals surface area contributed by atoms with Crippen molar-refractivity contribution in [2.45, 2.75) is 49.6 Å². The van der Waals surface area contributed by atoms with Crippen molar-refractivity contribution >= 4 is 9.84 Å². The van der Waals surface area contributed by atoms with Crippen molar-refractivity contribution in [3.63, 3.8) is 0 Å². The predicted molar refractivity (Wildman–Crippen MR) is 103 cm³/mol. The highest BCUT2D eigenvalue weighted by atomic mass is 32.2. The molecular weight excluding hydrogens is 408 g/mol. The van der Waals surface area contributed by atoms with Gasteiger partial charge < -0.3 is 0 Å². The highest BCUT2D eigenvalue weighted by Crippen LogP contribution is 2.45. The average molecular weight is 430 g/mol. The van der Waals surface area contributed by atoms with Crippen molar-refractivity contribution < 1.29 is 26.0 Å². The Bertz CT molecular complexity index is 987. The fourth-order valence-corrected chi connectivity index (χ4v) is 5.10. The third kappa shape index (κ3) is 4.55. The van der Waals surface area contributed by atoms with E-state index < -0.39 is 32.8 Å². The summed E-state index contributed by atoms with van der Waals surface area (Å²) in [5, 5.41) is 3.78. The van der Waals surface area contributed by atoms with Crippen LogP contribution in [0.5, 0.6) is 0 Å². The predicted octanol–water partition coefficient (Wildman–Crippen LogP) is 4.96. The fourth-order valence-electron chi connectivity index (χ4n) is 3.97. The van der Waals surface area contributed by atoms with Gasteiger partial charge in [-0.25, -0.2) is 12.8 Å². The summed E-state index contributed by atoms with van der Waals surface area (Å²) in [6, 6.07) is 4.85. The zero-order valence-corrected chi connectivity index (χ0v) is 16.7. The molecule has 9 heteroatoms. The Morgan fingerprint density at radius 1 is 1.17 bits per heavy atom. The molecule has 1 aliphatic carbocycles. The molecule has 0 aliphatic heterocycles. The largest absolute Gasteiger partial charge is 0.433 e. The molecular formula is C20H22F4N2O2S. The van der Waals surface area contributed by atoms with Crippen molar-refractivity contribution in [2.24, 2.45) is 0 Å². The molecule has 1 heterocycles. The minimum absolute atomic E-state index is 0.0674. The first-order valence-corrected chi connectivity index (χ1v) is 11.2. The Morgan fingerprint density at radius 2 is 1.76 bits per heavy atom. The minimum atomic E-state index is -4.66. The Balaban J connectivity index is 2.11. The quantitative estimate of drug-likeness (QED) is 0.497. The second-order valence-electron chi connectivity index (χ2n) is 7.39. The summed E-state index contributed by atoms with van der Waals surface area (Å²) in [5.74, 6) is -0.851. The Morgan fingerprint density at radius 3 is 2.24 bits per heavy atom. The van der Waals surface area contributed by atoms with Gasteiger partial charge in [-0.1, -0.05) is 18.2 Å². The number of hydrogen-bond acceptors (Lipinski definition) is 3. The first-order chi connectivity index (χ1) is 13.5. The van der Waals surface area contributed by atoms with Crippen LogP contribution in [0, 0.1) is 5.82 Å². The monoisotopic (exact) mass is 430 g/mol. The van der Waals surface area contributed by atoms with Gasteiger partial charge in [0.25, 0.3) is 0 Å². The number of allylic oxidation sites excluding steroid dienone is 1. The Hall–Kier alpha value is -2.16. The van der Waals surface area contributed by atoms with Crippen molar-refractivity contribution in [1.29, 1.82) is 0 Å². The van der Waals surface area contributed by atoms with Crippen molar-refractivity contribution in [1.82, 2.24) is 9.78 Å². The molecule has 1 fully saturated rings. The van der Waals surface area contributed by atoms with E-state index in [4.69, 9.17) is 0 Å². The zero-order valence-electron chi connectivity index (χ0n) is 15.9. The van der Waals surface area contributed by atoms with Gasteiger partial charge >= 0.3 is 6.18 Å². The van der Waals surface area contributed by atoms with Crippen LogP contribution >= 0.6 is 0 Å². The number of rotatable bonds is 5. The van der Waals surface area contributed by atoms with Crippen LogP contribution in [0.25, 0.3) is 11.1 Å². The SMILES string of the molecule is C=CCn1nc(C2CCC(S(C)(=O)=O)CC2)c(-c2ccc(F)cc2)c1C(F)(F)F. The molecule has 2 aromatic rings. The molecule has 1 aromatic heterocycles. The molecule has 1 aromatic carbocycles. The smallest absolute Gasteiger partial charge is 0.256 e. The van der Waals surface area contributed by atoms with Gasteiger partial charge in [0, 0.05) is 17.7 Å². The van der Waals surface area contributed by atoms with Crippen LogP contribution in [0.15, 0.2) is 36.9 Å². The molecule has 0 unspecified atom stereocenters. The lowest BCUT2D eigenvalue weighted by molar-refractivity contribution is -0.143. The molecule has 29 heavy (non-hydrogen) atoms. The number of hydrogen-bond donors (Lipinski definition) is 0. The van der Waals surface area contributed by atoms with E-state index >= 15 is 0 Å². The molecule has 0 N–H and O–H groups in total. The lowest BCUT2D eigenvalue weighted by Gasteiger charge is -2.27. The molecule has 4 nitrogen and oxygen atoms in total. The molecule has 158 valence electrons. The van der Waals surface area contributed by atoms with Crippen LogP contribution in [0.2, 0.25) is 0 Å². The van der Waals surface area contributed by atoms with Crippen LogP contribution in [0.4, 0.5) is 17.6 Å². The summed E-state index contributed by atoms with van der Waals surface area (Å²) in [5.41, 5.74) is -0.460. The summed E-state index contributed by atoms with van der Waals surface area (Å²) >= 11 is 0. The highest BCUT2D eigenvalue weighted by molar-refractivity contribution is 7.91. The van der Waals surface area contributed by atoms with Crippen molar-refractivity contribution in [3.8, 4) is 11.1 Å². The van der Waals surface area contributed by atoms with E-state index in [1.807, 2.05) is 0 Å². The maximum absolute atomic E-state index is 13.9. The van der Waals surface area contributed by atoms with E-state index in [0.717, 1.165) is 16.8 Å². The van der Waals surface area contributed by atoms with E-state index in [9.17, 15) is 26.0 Å². The number of sulfone groups is 1. The molecule has 0 atom stereocenters. The summed E-state index contributed by atoms with van der Waals surface area (Å²) in [7, 11) is -3.19. The maximum Gasteiger partial charge on any atom is 0.433 e. The molecule has 0 radical (unpaired) electrons. The summed E-state index contributed by atoms with van der Waals surface area (Å²) in [4.78, 5) is 0. The van der Waals surface area contributed by atoms with E-state index in [1.54, 1.807) is 0 Å². The van der Waals surface area contributed by atoms with Crippen LogP contribution in [0.1, 0.15) is 43.0 Å². The van der Waals surface area contributed by atoms with Crippen LogP contribution in [-0.4, -0.2) is 29.7 Å². The summed E-state index contributed by atoms with van der Waals surface area (Å²) in [6.07, 6.45) is -0.543. The second-order valence-corrected chi connectivity index (χ2v) is 9.71. The van der Waals surface area contributed by atoms with E-state index in [-0.39, 0.29) is 29.3 Å². The lowest BCUT2D eigenvalue weighted by atomic mass is 9.83. The number of alkyl halides is 3.